The maximum Gasteiger partial charge on any atom is 0.251 e. The summed E-state index contributed by atoms with van der Waals surface area (Å²) in [5.41, 5.74) is 1.27. The van der Waals surface area contributed by atoms with Gasteiger partial charge in [-0.05, 0) is 37.1 Å². The number of ether oxygens (including phenoxy) is 1. The summed E-state index contributed by atoms with van der Waals surface area (Å²) in [7, 11) is 0. The molecule has 0 radical (unpaired) electrons. The molecule has 5 nitrogen and oxygen atoms in total. The molecule has 5 heteroatoms. The Kier molecular flexibility index (Phi) is 4.79. The molecule has 1 fully saturated rings. The third kappa shape index (κ3) is 3.63. The van der Waals surface area contributed by atoms with Gasteiger partial charge in [0.1, 0.15) is 5.76 Å². The van der Waals surface area contributed by atoms with Crippen LogP contribution in [0.1, 0.15) is 23.2 Å². The molecule has 0 atom stereocenters. The molecule has 1 amide bonds. The van der Waals surface area contributed by atoms with Crippen LogP contribution in [0.2, 0.25) is 0 Å². The molecule has 0 unspecified atom stereocenters. The molecule has 1 saturated heterocycles. The van der Waals surface area contributed by atoms with Gasteiger partial charge in [0.25, 0.3) is 5.91 Å². The zero-order valence-corrected chi connectivity index (χ0v) is 13.0. The number of aliphatic hydroxyl groups excluding tert-OH is 1. The Morgan fingerprint density at radius 3 is 2.52 bits per heavy atom. The van der Waals surface area contributed by atoms with Crippen molar-refractivity contribution in [1.29, 1.82) is 0 Å². The van der Waals surface area contributed by atoms with Crippen molar-refractivity contribution in [3.63, 3.8) is 0 Å². The van der Waals surface area contributed by atoms with Crippen LogP contribution in [-0.4, -0.2) is 37.4 Å². The Hall–Kier alpha value is -2.11. The third-order valence-corrected chi connectivity index (χ3v) is 4.47. The number of rotatable bonds is 5. The van der Waals surface area contributed by atoms with E-state index in [1.807, 2.05) is 24.3 Å². The highest BCUT2D eigenvalue weighted by atomic mass is 16.5. The Balaban J connectivity index is 1.62. The molecule has 23 heavy (non-hydrogen) atoms. The molecule has 0 aliphatic carbocycles. The number of furan rings is 1. The first-order valence-corrected chi connectivity index (χ1v) is 7.83. The minimum Gasteiger partial charge on any atom is -0.464 e. The second kappa shape index (κ2) is 6.98. The van der Waals surface area contributed by atoms with Crippen LogP contribution in [0.4, 0.5) is 0 Å². The normalized spacial score (nSPS) is 16.9. The highest BCUT2D eigenvalue weighted by molar-refractivity contribution is 5.94. The molecule has 0 bridgehead atoms. The Bertz CT molecular complexity index is 628. The molecule has 0 saturated carbocycles. The van der Waals surface area contributed by atoms with Crippen molar-refractivity contribution in [3.8, 4) is 11.3 Å². The van der Waals surface area contributed by atoms with Crippen LogP contribution >= 0.6 is 0 Å². The Morgan fingerprint density at radius 1 is 1.17 bits per heavy atom. The fraction of sp³-hybridized carbons (Fsp3) is 0.389. The molecule has 122 valence electrons. The lowest BCUT2D eigenvalue weighted by molar-refractivity contribution is -0.0146. The first-order chi connectivity index (χ1) is 11.2. The number of hydrogen-bond acceptors (Lipinski definition) is 4. The van der Waals surface area contributed by atoms with Gasteiger partial charge >= 0.3 is 0 Å². The van der Waals surface area contributed by atoms with Gasteiger partial charge in [-0.2, -0.15) is 0 Å². The first kappa shape index (κ1) is 15.8. The van der Waals surface area contributed by atoms with E-state index < -0.39 is 0 Å². The molecule has 2 N–H and O–H groups in total. The summed E-state index contributed by atoms with van der Waals surface area (Å²) >= 11 is 0. The van der Waals surface area contributed by atoms with E-state index in [4.69, 9.17) is 9.15 Å². The molecule has 2 heterocycles. The molecule has 3 rings (SSSR count). The quantitative estimate of drug-likeness (QED) is 0.889. The molecule has 1 aromatic carbocycles. The molecule has 1 aromatic heterocycles. The molecule has 0 spiro atoms. The summed E-state index contributed by atoms with van der Waals surface area (Å²) in [6.45, 7) is 1.79. The van der Waals surface area contributed by atoms with Gasteiger partial charge < -0.3 is 19.6 Å². The SMILES string of the molecule is O=C(NCC1(CO)CCOCC1)c1ccc(-c2ccco2)cc1. The minimum atomic E-state index is -0.262. The lowest BCUT2D eigenvalue weighted by Crippen LogP contribution is -2.43. The van der Waals surface area contributed by atoms with Gasteiger partial charge in [0, 0.05) is 36.3 Å². The van der Waals surface area contributed by atoms with E-state index in [9.17, 15) is 9.90 Å². The van der Waals surface area contributed by atoms with E-state index in [-0.39, 0.29) is 17.9 Å². The number of hydrogen-bond donors (Lipinski definition) is 2. The second-order valence-electron chi connectivity index (χ2n) is 6.01. The minimum absolute atomic E-state index is 0.0636. The average Bonchev–Trinajstić information content (AvgIpc) is 3.15. The van der Waals surface area contributed by atoms with Crippen molar-refractivity contribution < 1.29 is 19.1 Å². The highest BCUT2D eigenvalue weighted by Crippen LogP contribution is 2.29. The highest BCUT2D eigenvalue weighted by Gasteiger charge is 2.32. The lowest BCUT2D eigenvalue weighted by atomic mass is 9.81. The maximum atomic E-state index is 12.3. The lowest BCUT2D eigenvalue weighted by Gasteiger charge is -2.35. The number of nitrogens with one attached hydrogen (secondary N) is 1. The number of carbonyl (C=O) groups is 1. The van der Waals surface area contributed by atoms with Crippen LogP contribution in [0.5, 0.6) is 0 Å². The predicted octanol–water partition coefficient (Wildman–Crippen LogP) is 2.47. The molecular formula is C18H21NO4. The van der Waals surface area contributed by atoms with Crippen molar-refractivity contribution in [2.24, 2.45) is 5.41 Å². The van der Waals surface area contributed by atoms with Gasteiger partial charge in [0.05, 0.1) is 12.9 Å². The topological polar surface area (TPSA) is 71.7 Å². The van der Waals surface area contributed by atoms with Crippen molar-refractivity contribution >= 4 is 5.91 Å². The van der Waals surface area contributed by atoms with Crippen LogP contribution in [0.15, 0.2) is 47.1 Å². The molecule has 1 aliphatic rings. The van der Waals surface area contributed by atoms with Gasteiger partial charge in [-0.1, -0.05) is 12.1 Å². The number of benzene rings is 1. The van der Waals surface area contributed by atoms with Gasteiger partial charge in [-0.3, -0.25) is 4.79 Å². The summed E-state index contributed by atoms with van der Waals surface area (Å²) in [5, 5.41) is 12.6. The largest absolute Gasteiger partial charge is 0.464 e. The standard InChI is InChI=1S/C18H21NO4/c20-13-18(7-10-22-11-8-18)12-19-17(21)15-5-3-14(4-6-15)16-2-1-9-23-16/h1-6,9,20H,7-8,10-13H2,(H,19,21). The van der Waals surface area contributed by atoms with Crippen LogP contribution in [0, 0.1) is 5.41 Å². The van der Waals surface area contributed by atoms with E-state index in [2.05, 4.69) is 5.32 Å². The molecule has 2 aromatic rings. The van der Waals surface area contributed by atoms with E-state index in [1.165, 1.54) is 0 Å². The summed E-state index contributed by atoms with van der Waals surface area (Å²) in [6.07, 6.45) is 3.15. The van der Waals surface area contributed by atoms with Gasteiger partial charge in [0.15, 0.2) is 0 Å². The fourth-order valence-corrected chi connectivity index (χ4v) is 2.79. The number of carbonyl (C=O) groups excluding carboxylic acids is 1. The summed E-state index contributed by atoms with van der Waals surface area (Å²) in [5.74, 6) is 0.647. The van der Waals surface area contributed by atoms with Crippen LogP contribution in [-0.2, 0) is 4.74 Å². The summed E-state index contributed by atoms with van der Waals surface area (Å²) in [4.78, 5) is 12.3. The summed E-state index contributed by atoms with van der Waals surface area (Å²) in [6, 6.07) is 11.0. The van der Waals surface area contributed by atoms with Crippen molar-refractivity contribution in [2.75, 3.05) is 26.4 Å². The van der Waals surface area contributed by atoms with Crippen LogP contribution in [0.25, 0.3) is 11.3 Å². The van der Waals surface area contributed by atoms with Crippen molar-refractivity contribution in [1.82, 2.24) is 5.32 Å². The number of amides is 1. The monoisotopic (exact) mass is 315 g/mol. The van der Waals surface area contributed by atoms with Gasteiger partial charge in [0.2, 0.25) is 0 Å². The van der Waals surface area contributed by atoms with E-state index in [1.54, 1.807) is 18.4 Å². The average molecular weight is 315 g/mol. The fourth-order valence-electron chi connectivity index (χ4n) is 2.79. The van der Waals surface area contributed by atoms with Crippen molar-refractivity contribution in [3.05, 3.63) is 48.2 Å². The van der Waals surface area contributed by atoms with Crippen LogP contribution < -0.4 is 5.32 Å². The van der Waals surface area contributed by atoms with E-state index in [0.717, 1.165) is 24.2 Å². The van der Waals surface area contributed by atoms with Crippen LogP contribution in [0.3, 0.4) is 0 Å². The molecule has 1 aliphatic heterocycles. The zero-order valence-electron chi connectivity index (χ0n) is 13.0. The van der Waals surface area contributed by atoms with E-state index >= 15 is 0 Å². The van der Waals surface area contributed by atoms with Gasteiger partial charge in [-0.25, -0.2) is 0 Å². The first-order valence-electron chi connectivity index (χ1n) is 7.83. The smallest absolute Gasteiger partial charge is 0.251 e. The van der Waals surface area contributed by atoms with Crippen molar-refractivity contribution in [2.45, 2.75) is 12.8 Å². The maximum absolute atomic E-state index is 12.3. The summed E-state index contributed by atoms with van der Waals surface area (Å²) < 4.78 is 10.7. The predicted molar refractivity (Wildman–Crippen MR) is 86.0 cm³/mol. The van der Waals surface area contributed by atoms with Gasteiger partial charge in [-0.15, -0.1) is 0 Å². The van der Waals surface area contributed by atoms with E-state index in [0.29, 0.717) is 25.3 Å². The zero-order chi connectivity index (χ0) is 16.1. The Morgan fingerprint density at radius 2 is 1.91 bits per heavy atom. The number of aliphatic hydroxyl groups is 1. The second-order valence-corrected chi connectivity index (χ2v) is 6.01. The third-order valence-electron chi connectivity index (χ3n) is 4.47. The molecular weight excluding hydrogens is 294 g/mol. The Labute approximate surface area is 135 Å².